The molecule has 0 aliphatic carbocycles. The van der Waals surface area contributed by atoms with Gasteiger partial charge in [-0.2, -0.15) is 0 Å². The summed E-state index contributed by atoms with van der Waals surface area (Å²) in [4.78, 5) is 37.9. The number of nitrogens with zero attached hydrogens (tertiary/aromatic N) is 2. The smallest absolute Gasteiger partial charge is 0.323 e. The summed E-state index contributed by atoms with van der Waals surface area (Å²) in [6.07, 6.45) is 4.95. The highest BCUT2D eigenvalue weighted by atomic mass is 19.1. The first kappa shape index (κ1) is 17.4. The van der Waals surface area contributed by atoms with Crippen molar-refractivity contribution < 1.29 is 18.8 Å². The van der Waals surface area contributed by atoms with Crippen molar-refractivity contribution in [3.63, 3.8) is 0 Å². The summed E-state index contributed by atoms with van der Waals surface area (Å²) in [5.74, 6) is -2.21. The van der Waals surface area contributed by atoms with Crippen molar-refractivity contribution >= 4 is 29.6 Å². The van der Waals surface area contributed by atoms with Gasteiger partial charge in [0.1, 0.15) is 11.4 Å². The van der Waals surface area contributed by atoms with E-state index in [1.165, 1.54) is 24.3 Å². The number of benzene rings is 2. The largest absolute Gasteiger partial charge is 0.335 e. The van der Waals surface area contributed by atoms with Gasteiger partial charge in [-0.3, -0.25) is 14.9 Å². The predicted molar refractivity (Wildman–Crippen MR) is 101 cm³/mol. The third kappa shape index (κ3) is 3.21. The van der Waals surface area contributed by atoms with E-state index in [0.29, 0.717) is 5.56 Å². The Morgan fingerprint density at radius 1 is 0.893 bits per heavy atom. The standard InChI is InChI=1S/C21H14FN3O3/c22-15-5-4-8-17(12-15)25-20(27)18(19(26)23-21(25)28)11-14-9-10-24(13-14)16-6-2-1-3-7-16/h1-13H,(H,23,26,28)/b18-11-. The summed E-state index contributed by atoms with van der Waals surface area (Å²) in [7, 11) is 0. The third-order valence-corrected chi connectivity index (χ3v) is 4.25. The van der Waals surface area contributed by atoms with Crippen LogP contribution in [-0.2, 0) is 9.59 Å². The summed E-state index contributed by atoms with van der Waals surface area (Å²) >= 11 is 0. The average molecular weight is 375 g/mol. The van der Waals surface area contributed by atoms with Crippen LogP contribution in [0.3, 0.4) is 0 Å². The van der Waals surface area contributed by atoms with Crippen LogP contribution in [0, 0.1) is 5.82 Å². The molecular formula is C21H14FN3O3. The highest BCUT2D eigenvalue weighted by Crippen LogP contribution is 2.23. The molecule has 4 amide bonds. The van der Waals surface area contributed by atoms with Gasteiger partial charge in [0.25, 0.3) is 11.8 Å². The van der Waals surface area contributed by atoms with E-state index < -0.39 is 23.7 Å². The van der Waals surface area contributed by atoms with E-state index in [1.807, 2.05) is 34.9 Å². The number of carbonyl (C=O) groups excluding carboxylic acids is 3. The quantitative estimate of drug-likeness (QED) is 0.564. The molecule has 2 aromatic carbocycles. The zero-order valence-corrected chi connectivity index (χ0v) is 14.5. The van der Waals surface area contributed by atoms with Gasteiger partial charge in [0.05, 0.1) is 5.69 Å². The number of aromatic nitrogens is 1. The number of nitrogens with one attached hydrogen (secondary N) is 1. The Kier molecular flexibility index (Phi) is 4.33. The molecule has 0 unspecified atom stereocenters. The number of amides is 4. The lowest BCUT2D eigenvalue weighted by molar-refractivity contribution is -0.122. The number of para-hydroxylation sites is 1. The number of imide groups is 2. The van der Waals surface area contributed by atoms with Gasteiger partial charge in [0.2, 0.25) is 0 Å². The molecule has 7 heteroatoms. The maximum absolute atomic E-state index is 13.5. The molecule has 28 heavy (non-hydrogen) atoms. The number of halogens is 1. The van der Waals surface area contributed by atoms with Crippen LogP contribution in [0.15, 0.2) is 78.6 Å². The van der Waals surface area contributed by atoms with Crippen LogP contribution >= 0.6 is 0 Å². The molecule has 3 aromatic rings. The van der Waals surface area contributed by atoms with Crippen molar-refractivity contribution in [2.75, 3.05) is 4.90 Å². The van der Waals surface area contributed by atoms with E-state index in [1.54, 1.807) is 18.5 Å². The van der Waals surface area contributed by atoms with Gasteiger partial charge >= 0.3 is 6.03 Å². The first-order chi connectivity index (χ1) is 13.5. The maximum Gasteiger partial charge on any atom is 0.335 e. The minimum atomic E-state index is -0.917. The predicted octanol–water partition coefficient (Wildman–Crippen LogP) is 3.28. The van der Waals surface area contributed by atoms with Crippen LogP contribution in [0.4, 0.5) is 14.9 Å². The lowest BCUT2D eigenvalue weighted by Gasteiger charge is -2.26. The Morgan fingerprint density at radius 2 is 1.64 bits per heavy atom. The Labute approximate surface area is 159 Å². The fraction of sp³-hybridized carbons (Fsp3) is 0. The molecule has 0 saturated carbocycles. The van der Waals surface area contributed by atoms with Gasteiger partial charge in [-0.1, -0.05) is 24.3 Å². The zero-order valence-electron chi connectivity index (χ0n) is 14.5. The lowest BCUT2D eigenvalue weighted by Crippen LogP contribution is -2.54. The molecule has 1 aliphatic heterocycles. The van der Waals surface area contributed by atoms with Crippen LogP contribution in [-0.4, -0.2) is 22.4 Å². The molecule has 1 saturated heterocycles. The van der Waals surface area contributed by atoms with E-state index >= 15 is 0 Å². The molecule has 1 fully saturated rings. The van der Waals surface area contributed by atoms with Crippen LogP contribution in [0.5, 0.6) is 0 Å². The molecule has 4 rings (SSSR count). The molecule has 138 valence electrons. The molecule has 0 spiro atoms. The lowest BCUT2D eigenvalue weighted by atomic mass is 10.1. The van der Waals surface area contributed by atoms with E-state index in [2.05, 4.69) is 5.32 Å². The van der Waals surface area contributed by atoms with Crippen LogP contribution in [0.2, 0.25) is 0 Å². The van der Waals surface area contributed by atoms with Crippen LogP contribution in [0.1, 0.15) is 5.56 Å². The van der Waals surface area contributed by atoms with Gasteiger partial charge in [0, 0.05) is 18.1 Å². The minimum absolute atomic E-state index is 0.0442. The average Bonchev–Trinajstić information content (AvgIpc) is 3.14. The fourth-order valence-corrected chi connectivity index (χ4v) is 2.93. The van der Waals surface area contributed by atoms with Gasteiger partial charge < -0.3 is 4.57 Å². The first-order valence-electron chi connectivity index (χ1n) is 8.43. The van der Waals surface area contributed by atoms with Crippen LogP contribution < -0.4 is 10.2 Å². The molecule has 1 aliphatic rings. The SMILES string of the molecule is O=C1NC(=O)N(c2cccc(F)c2)C(=O)/C1=C\c1ccn(-c2ccccc2)c1. The number of hydrogen-bond donors (Lipinski definition) is 1. The van der Waals surface area contributed by atoms with Crippen molar-refractivity contribution in [3.05, 3.63) is 90.0 Å². The molecule has 0 atom stereocenters. The fourth-order valence-electron chi connectivity index (χ4n) is 2.93. The second kappa shape index (κ2) is 6.96. The van der Waals surface area contributed by atoms with E-state index in [0.717, 1.165) is 16.7 Å². The maximum atomic E-state index is 13.5. The topological polar surface area (TPSA) is 71.4 Å². The van der Waals surface area contributed by atoms with E-state index in [9.17, 15) is 18.8 Å². The van der Waals surface area contributed by atoms with Crippen LogP contribution in [0.25, 0.3) is 11.8 Å². The molecule has 2 heterocycles. The third-order valence-electron chi connectivity index (χ3n) is 4.25. The molecule has 1 aromatic heterocycles. The van der Waals surface area contributed by atoms with Gasteiger partial charge in [-0.15, -0.1) is 0 Å². The zero-order chi connectivity index (χ0) is 19.7. The first-order valence-corrected chi connectivity index (χ1v) is 8.43. The van der Waals surface area contributed by atoms with E-state index in [4.69, 9.17) is 0 Å². The number of barbiturate groups is 1. The van der Waals surface area contributed by atoms with Crippen molar-refractivity contribution in [2.24, 2.45) is 0 Å². The summed E-state index contributed by atoms with van der Waals surface area (Å²) in [6, 6.07) is 15.4. The van der Waals surface area contributed by atoms with Crippen molar-refractivity contribution in [1.82, 2.24) is 9.88 Å². The van der Waals surface area contributed by atoms with Crippen molar-refractivity contribution in [2.45, 2.75) is 0 Å². The summed E-state index contributed by atoms with van der Waals surface area (Å²) in [5.41, 5.74) is 1.36. The summed E-state index contributed by atoms with van der Waals surface area (Å²) < 4.78 is 15.3. The van der Waals surface area contributed by atoms with E-state index in [-0.39, 0.29) is 11.3 Å². The molecular weight excluding hydrogens is 361 g/mol. The Balaban J connectivity index is 1.69. The molecule has 6 nitrogen and oxygen atoms in total. The number of carbonyl (C=O) groups is 3. The monoisotopic (exact) mass is 375 g/mol. The summed E-state index contributed by atoms with van der Waals surface area (Å²) in [5, 5.41) is 2.12. The number of rotatable bonds is 3. The second-order valence-electron chi connectivity index (χ2n) is 6.13. The van der Waals surface area contributed by atoms with Gasteiger partial charge in [-0.25, -0.2) is 14.1 Å². The Morgan fingerprint density at radius 3 is 2.39 bits per heavy atom. The van der Waals surface area contributed by atoms with Gasteiger partial charge in [0.15, 0.2) is 0 Å². The molecule has 0 bridgehead atoms. The minimum Gasteiger partial charge on any atom is -0.323 e. The molecule has 1 N–H and O–H groups in total. The van der Waals surface area contributed by atoms with Crippen molar-refractivity contribution in [3.8, 4) is 5.69 Å². The number of hydrogen-bond acceptors (Lipinski definition) is 3. The summed E-state index contributed by atoms with van der Waals surface area (Å²) in [6.45, 7) is 0. The Bertz CT molecular complexity index is 1120. The second-order valence-corrected chi connectivity index (χ2v) is 6.13. The van der Waals surface area contributed by atoms with Crippen molar-refractivity contribution in [1.29, 1.82) is 0 Å². The normalized spacial score (nSPS) is 15.8. The number of anilines is 1. The number of urea groups is 1. The molecule has 0 radical (unpaired) electrons. The Hall–Kier alpha value is -4.00. The van der Waals surface area contributed by atoms with Gasteiger partial charge in [-0.05, 0) is 48.0 Å². The highest BCUT2D eigenvalue weighted by molar-refractivity contribution is 6.39. The highest BCUT2D eigenvalue weighted by Gasteiger charge is 2.36.